The van der Waals surface area contributed by atoms with Crippen LogP contribution in [0.4, 0.5) is 4.39 Å². The van der Waals surface area contributed by atoms with Gasteiger partial charge in [-0.2, -0.15) is 0 Å². The molecule has 0 spiro atoms. The van der Waals surface area contributed by atoms with E-state index in [-0.39, 0.29) is 12.3 Å². The predicted octanol–water partition coefficient (Wildman–Crippen LogP) is 1.72. The van der Waals surface area contributed by atoms with Gasteiger partial charge in [-0.25, -0.2) is 4.39 Å². The molecule has 1 unspecified atom stereocenters. The second-order valence-electron chi connectivity index (χ2n) is 1.21. The molecule has 0 saturated heterocycles. The SMILES string of the molecule is O=C(CCCl)C(F)Cl. The lowest BCUT2D eigenvalue weighted by atomic mass is 10.3. The molecule has 48 valence electrons. The number of carbonyl (C=O) groups is 1. The molecule has 0 saturated carbocycles. The van der Waals surface area contributed by atoms with Gasteiger partial charge in [0, 0.05) is 12.3 Å². The fourth-order valence-electron chi connectivity index (χ4n) is 0.202. The Bertz CT molecular complexity index is 84.1. The van der Waals surface area contributed by atoms with Crippen LogP contribution < -0.4 is 0 Å². The van der Waals surface area contributed by atoms with Gasteiger partial charge in [0.1, 0.15) is 0 Å². The van der Waals surface area contributed by atoms with Crippen LogP contribution in [0.15, 0.2) is 0 Å². The van der Waals surface area contributed by atoms with E-state index in [1.165, 1.54) is 0 Å². The Morgan fingerprint density at radius 3 is 2.38 bits per heavy atom. The molecule has 0 aromatic heterocycles. The second-order valence-corrected chi connectivity index (χ2v) is 1.97. The molecule has 0 heterocycles. The summed E-state index contributed by atoms with van der Waals surface area (Å²) in [6.45, 7) is 0. The Morgan fingerprint density at radius 1 is 1.75 bits per heavy atom. The smallest absolute Gasteiger partial charge is 0.231 e. The van der Waals surface area contributed by atoms with Crippen molar-refractivity contribution in [3.63, 3.8) is 0 Å². The summed E-state index contributed by atoms with van der Waals surface area (Å²) in [7, 11) is 0. The first-order valence-corrected chi connectivity index (χ1v) is 3.02. The van der Waals surface area contributed by atoms with Gasteiger partial charge in [-0.3, -0.25) is 4.79 Å². The van der Waals surface area contributed by atoms with E-state index >= 15 is 0 Å². The van der Waals surface area contributed by atoms with Gasteiger partial charge in [0.05, 0.1) is 0 Å². The van der Waals surface area contributed by atoms with E-state index in [0.717, 1.165) is 0 Å². The summed E-state index contributed by atoms with van der Waals surface area (Å²) in [4.78, 5) is 10.2. The highest BCUT2D eigenvalue weighted by Gasteiger charge is 2.10. The molecule has 0 rings (SSSR count). The van der Waals surface area contributed by atoms with Crippen molar-refractivity contribution in [1.82, 2.24) is 0 Å². The minimum atomic E-state index is -1.88. The molecular formula is C4H5Cl2FO. The maximum Gasteiger partial charge on any atom is 0.231 e. The maximum atomic E-state index is 11.6. The Balaban J connectivity index is 3.33. The summed E-state index contributed by atoms with van der Waals surface area (Å²) < 4.78 is 11.6. The lowest BCUT2D eigenvalue weighted by molar-refractivity contribution is -0.120. The third-order valence-electron chi connectivity index (χ3n) is 0.584. The summed E-state index contributed by atoms with van der Waals surface area (Å²) in [6, 6.07) is 0. The molecule has 0 bridgehead atoms. The molecule has 0 N–H and O–H groups in total. The third-order valence-corrected chi connectivity index (χ3v) is 1.02. The zero-order chi connectivity index (χ0) is 6.57. The van der Waals surface area contributed by atoms with Crippen molar-refractivity contribution in [3.8, 4) is 0 Å². The van der Waals surface area contributed by atoms with Crippen LogP contribution in [-0.2, 0) is 4.79 Å². The summed E-state index contributed by atoms with van der Waals surface area (Å²) in [5.41, 5.74) is -1.88. The fraction of sp³-hybridized carbons (Fsp3) is 0.750. The van der Waals surface area contributed by atoms with E-state index in [2.05, 4.69) is 0 Å². The quantitative estimate of drug-likeness (QED) is 0.573. The van der Waals surface area contributed by atoms with Gasteiger partial charge in [0.25, 0.3) is 0 Å². The van der Waals surface area contributed by atoms with Crippen molar-refractivity contribution in [2.75, 3.05) is 5.88 Å². The van der Waals surface area contributed by atoms with Crippen LogP contribution >= 0.6 is 23.2 Å². The van der Waals surface area contributed by atoms with Crippen LogP contribution in [0.1, 0.15) is 6.42 Å². The van der Waals surface area contributed by atoms with Crippen LogP contribution in [0.25, 0.3) is 0 Å². The van der Waals surface area contributed by atoms with E-state index in [0.29, 0.717) is 0 Å². The number of carbonyl (C=O) groups excluding carboxylic acids is 1. The first-order chi connectivity index (χ1) is 3.68. The highest BCUT2D eigenvalue weighted by atomic mass is 35.5. The van der Waals surface area contributed by atoms with Gasteiger partial charge >= 0.3 is 0 Å². The molecule has 0 radical (unpaired) electrons. The Labute approximate surface area is 56.8 Å². The number of ketones is 1. The fourth-order valence-corrected chi connectivity index (χ4v) is 0.498. The molecule has 1 nitrogen and oxygen atoms in total. The topological polar surface area (TPSA) is 17.1 Å². The molecule has 0 aromatic rings. The predicted molar refractivity (Wildman–Crippen MR) is 31.1 cm³/mol. The van der Waals surface area contributed by atoms with Gasteiger partial charge in [0.15, 0.2) is 5.78 Å². The maximum absolute atomic E-state index is 11.6. The monoisotopic (exact) mass is 158 g/mol. The molecule has 0 amide bonds. The van der Waals surface area contributed by atoms with Crippen LogP contribution in [0, 0.1) is 0 Å². The number of Topliss-reactive ketones (excluding diaryl/α,β-unsaturated/α-hetero) is 1. The van der Waals surface area contributed by atoms with Crippen molar-refractivity contribution in [2.45, 2.75) is 12.1 Å². The van der Waals surface area contributed by atoms with Gasteiger partial charge in [-0.1, -0.05) is 11.6 Å². The lowest BCUT2D eigenvalue weighted by Crippen LogP contribution is -2.08. The lowest BCUT2D eigenvalue weighted by Gasteiger charge is -1.92. The Kier molecular flexibility index (Phi) is 4.19. The van der Waals surface area contributed by atoms with Crippen molar-refractivity contribution in [2.24, 2.45) is 0 Å². The van der Waals surface area contributed by atoms with Crippen LogP contribution in [-0.4, -0.2) is 17.3 Å². The van der Waals surface area contributed by atoms with Crippen molar-refractivity contribution >= 4 is 29.0 Å². The number of halogens is 3. The number of alkyl halides is 3. The van der Waals surface area contributed by atoms with Crippen molar-refractivity contribution in [3.05, 3.63) is 0 Å². The first kappa shape index (κ1) is 8.18. The van der Waals surface area contributed by atoms with E-state index in [4.69, 9.17) is 23.2 Å². The Morgan fingerprint density at radius 2 is 2.25 bits per heavy atom. The average Bonchev–Trinajstić information content (AvgIpc) is 1.67. The van der Waals surface area contributed by atoms with Crippen LogP contribution in [0.2, 0.25) is 0 Å². The standard InChI is InChI=1S/C4H5Cl2FO/c5-2-1-3(8)4(6)7/h4H,1-2H2. The van der Waals surface area contributed by atoms with Gasteiger partial charge in [-0.15, -0.1) is 11.6 Å². The van der Waals surface area contributed by atoms with E-state index < -0.39 is 11.4 Å². The Hall–Kier alpha value is 0.180. The molecule has 0 aliphatic carbocycles. The molecule has 8 heavy (non-hydrogen) atoms. The van der Waals surface area contributed by atoms with Gasteiger partial charge < -0.3 is 0 Å². The summed E-state index contributed by atoms with van der Waals surface area (Å²) in [5.74, 6) is -0.520. The minimum Gasteiger partial charge on any atom is -0.295 e. The second kappa shape index (κ2) is 4.10. The number of rotatable bonds is 3. The normalized spacial score (nSPS) is 13.4. The van der Waals surface area contributed by atoms with E-state index in [1.807, 2.05) is 0 Å². The number of hydrogen-bond donors (Lipinski definition) is 0. The van der Waals surface area contributed by atoms with Crippen molar-refractivity contribution in [1.29, 1.82) is 0 Å². The molecule has 0 aromatic carbocycles. The molecule has 0 aliphatic heterocycles. The largest absolute Gasteiger partial charge is 0.295 e. The van der Waals surface area contributed by atoms with E-state index in [1.54, 1.807) is 0 Å². The first-order valence-electron chi connectivity index (χ1n) is 2.05. The molecule has 0 fully saturated rings. The highest BCUT2D eigenvalue weighted by molar-refractivity contribution is 6.30. The van der Waals surface area contributed by atoms with Gasteiger partial charge in [-0.05, 0) is 0 Å². The van der Waals surface area contributed by atoms with E-state index in [9.17, 15) is 9.18 Å². The zero-order valence-electron chi connectivity index (χ0n) is 4.03. The average molecular weight is 159 g/mol. The highest BCUT2D eigenvalue weighted by Crippen LogP contribution is 2.01. The molecule has 4 heteroatoms. The summed E-state index contributed by atoms with van der Waals surface area (Å²) >= 11 is 9.83. The van der Waals surface area contributed by atoms with Crippen LogP contribution in [0.5, 0.6) is 0 Å². The van der Waals surface area contributed by atoms with Crippen LogP contribution in [0.3, 0.4) is 0 Å². The molecule has 0 aliphatic rings. The number of hydrogen-bond acceptors (Lipinski definition) is 1. The van der Waals surface area contributed by atoms with Gasteiger partial charge in [0.2, 0.25) is 5.63 Å². The molecular weight excluding hydrogens is 154 g/mol. The summed E-state index contributed by atoms with van der Waals surface area (Å²) in [5, 5.41) is 0. The van der Waals surface area contributed by atoms with Crippen molar-refractivity contribution < 1.29 is 9.18 Å². The zero-order valence-corrected chi connectivity index (χ0v) is 5.55. The minimum absolute atomic E-state index is 0.00617. The molecule has 1 atom stereocenters. The third kappa shape index (κ3) is 3.22. The summed E-state index contributed by atoms with van der Waals surface area (Å²) in [6.07, 6.45) is 0.00617.